The van der Waals surface area contributed by atoms with E-state index in [1.54, 1.807) is 6.07 Å². The minimum absolute atomic E-state index is 0.0184. The molecule has 1 aromatic carbocycles. The zero-order valence-corrected chi connectivity index (χ0v) is 17.6. The second-order valence-corrected chi connectivity index (χ2v) is 7.43. The minimum Gasteiger partial charge on any atom is -0.481 e. The van der Waals surface area contributed by atoms with Crippen LogP contribution >= 0.6 is 23.2 Å². The summed E-state index contributed by atoms with van der Waals surface area (Å²) in [6.07, 6.45) is -5.65. The zero-order valence-electron chi connectivity index (χ0n) is 16.1. The Morgan fingerprint density at radius 1 is 1.34 bits per heavy atom. The predicted octanol–water partition coefficient (Wildman–Crippen LogP) is 4.63. The highest BCUT2D eigenvalue weighted by atomic mass is 35.5. The fraction of sp³-hybridized carbons (Fsp3) is 0.333. The molecule has 0 atom stereocenters. The van der Waals surface area contributed by atoms with Crippen LogP contribution in [-0.2, 0) is 14.9 Å². The maximum Gasteiger partial charge on any atom is 0.573 e. The summed E-state index contributed by atoms with van der Waals surface area (Å²) in [6.45, 7) is 1.51. The maximum atomic E-state index is 12.5. The molecule has 32 heavy (non-hydrogen) atoms. The topological polar surface area (TPSA) is 126 Å². The number of aromatic nitrogens is 2. The first-order chi connectivity index (χ1) is 14.9. The van der Waals surface area contributed by atoms with E-state index < -0.39 is 29.6 Å². The van der Waals surface area contributed by atoms with Crippen molar-refractivity contribution in [3.63, 3.8) is 0 Å². The van der Waals surface area contributed by atoms with Gasteiger partial charge < -0.3 is 14.6 Å². The highest BCUT2D eigenvalue weighted by Crippen LogP contribution is 2.53. The van der Waals surface area contributed by atoms with Crippen LogP contribution in [-0.4, -0.2) is 39.9 Å². The Bertz CT molecular complexity index is 1120. The summed E-state index contributed by atoms with van der Waals surface area (Å²) in [6, 6.07) is 3.38. The molecule has 2 N–H and O–H groups in total. The molecule has 2 aromatic rings. The Balaban J connectivity index is 2.23. The number of carboxylic acids is 1. The van der Waals surface area contributed by atoms with Gasteiger partial charge in [-0.05, 0) is 19.8 Å². The summed E-state index contributed by atoms with van der Waals surface area (Å²) < 4.78 is 47.2. The van der Waals surface area contributed by atoms with Gasteiger partial charge in [0, 0.05) is 12.1 Å². The van der Waals surface area contributed by atoms with Crippen molar-refractivity contribution in [3.05, 3.63) is 33.4 Å². The normalized spacial score (nSPS) is 14.4. The third-order valence-corrected chi connectivity index (χ3v) is 5.14. The molecule has 9 nitrogen and oxygen atoms in total. The molecule has 1 aliphatic rings. The Labute approximate surface area is 188 Å². The van der Waals surface area contributed by atoms with Crippen molar-refractivity contribution in [2.45, 2.75) is 31.5 Å². The number of carbonyl (C=O) groups excluding carboxylic acids is 1. The third kappa shape index (κ3) is 4.39. The summed E-state index contributed by atoms with van der Waals surface area (Å²) in [5, 5.41) is 24.9. The van der Waals surface area contributed by atoms with Crippen LogP contribution in [0.3, 0.4) is 0 Å². The largest absolute Gasteiger partial charge is 0.573 e. The molecule has 14 heteroatoms. The first-order valence-corrected chi connectivity index (χ1v) is 9.65. The van der Waals surface area contributed by atoms with Crippen molar-refractivity contribution in [1.29, 1.82) is 5.26 Å². The lowest BCUT2D eigenvalue weighted by Gasteiger charge is -2.17. The molecule has 1 aromatic heterocycles. The molecule has 170 valence electrons. The van der Waals surface area contributed by atoms with Crippen LogP contribution < -0.4 is 10.1 Å². The Hall–Kier alpha value is -3.17. The van der Waals surface area contributed by atoms with Gasteiger partial charge in [-0.15, -0.1) is 13.2 Å². The van der Waals surface area contributed by atoms with Gasteiger partial charge in [0.25, 0.3) is 0 Å². The standard InChI is InChI=1S/C18H13Cl2F3N4O5/c1-2-31-16(30)25-14-12(17(3-4-17)15(28)29)11(7-24)26-27(14)13-9(19)5-8(6-10(13)20)32-18(21,22)23/h5-6H,2-4H2,1H3,(H,25,30)(H,28,29). The van der Waals surface area contributed by atoms with Crippen LogP contribution in [0.15, 0.2) is 12.1 Å². The lowest BCUT2D eigenvalue weighted by Crippen LogP contribution is -2.24. The summed E-state index contributed by atoms with van der Waals surface area (Å²) in [4.78, 5) is 24.0. The number of hydrogen-bond acceptors (Lipinski definition) is 6. The monoisotopic (exact) mass is 492 g/mol. The summed E-state index contributed by atoms with van der Waals surface area (Å²) in [5.74, 6) is -2.21. The van der Waals surface area contributed by atoms with E-state index >= 15 is 0 Å². The Kier molecular flexibility index (Phi) is 6.17. The van der Waals surface area contributed by atoms with E-state index in [2.05, 4.69) is 15.2 Å². The quantitative estimate of drug-likeness (QED) is 0.601. The molecular formula is C18H13Cl2F3N4O5. The summed E-state index contributed by atoms with van der Waals surface area (Å²) in [7, 11) is 0. The van der Waals surface area contributed by atoms with E-state index in [0.717, 1.165) is 16.8 Å². The lowest BCUT2D eigenvalue weighted by molar-refractivity contribution is -0.274. The van der Waals surface area contributed by atoms with Crippen LogP contribution in [0.2, 0.25) is 10.0 Å². The number of ether oxygens (including phenoxy) is 2. The molecule has 1 heterocycles. The minimum atomic E-state index is -5.00. The van der Waals surface area contributed by atoms with Crippen LogP contribution in [0.4, 0.5) is 23.8 Å². The van der Waals surface area contributed by atoms with Gasteiger partial charge in [0.2, 0.25) is 0 Å². The molecule has 3 rings (SSSR count). The number of carbonyl (C=O) groups is 2. The van der Waals surface area contributed by atoms with E-state index in [1.807, 2.05) is 0 Å². The number of halogens is 5. The Morgan fingerprint density at radius 3 is 2.38 bits per heavy atom. The van der Waals surface area contributed by atoms with Crippen molar-refractivity contribution < 1.29 is 37.3 Å². The highest BCUT2D eigenvalue weighted by Gasteiger charge is 2.56. The number of anilines is 1. The van der Waals surface area contributed by atoms with E-state index in [9.17, 15) is 33.1 Å². The zero-order chi connectivity index (χ0) is 23.8. The summed E-state index contributed by atoms with van der Waals surface area (Å²) in [5.41, 5.74) is -2.13. The second-order valence-electron chi connectivity index (χ2n) is 6.61. The molecular weight excluding hydrogens is 480 g/mol. The number of nitriles is 1. The maximum absolute atomic E-state index is 12.5. The molecule has 0 aliphatic heterocycles. The number of aliphatic carboxylic acids is 1. The average Bonchev–Trinajstić information content (AvgIpc) is 3.38. The van der Waals surface area contributed by atoms with Gasteiger partial charge in [0.15, 0.2) is 5.69 Å². The number of carboxylic acid groups (broad SMARTS) is 1. The molecule has 0 spiro atoms. The fourth-order valence-electron chi connectivity index (χ4n) is 3.12. The SMILES string of the molecule is CCOC(=O)Nc1c(C2(C(=O)O)CC2)c(C#N)nn1-c1c(Cl)cc(OC(F)(F)F)cc1Cl. The second kappa shape index (κ2) is 8.40. The molecule has 0 saturated heterocycles. The van der Waals surface area contributed by atoms with E-state index in [-0.39, 0.29) is 52.3 Å². The van der Waals surface area contributed by atoms with Crippen LogP contribution in [0.1, 0.15) is 31.0 Å². The molecule has 0 radical (unpaired) electrons. The number of alkyl halides is 3. The van der Waals surface area contributed by atoms with Gasteiger partial charge in [0.05, 0.1) is 27.6 Å². The number of benzene rings is 1. The molecule has 0 bridgehead atoms. The lowest BCUT2D eigenvalue weighted by atomic mass is 9.95. The molecule has 0 unspecified atom stereocenters. The van der Waals surface area contributed by atoms with E-state index in [4.69, 9.17) is 27.9 Å². The first-order valence-electron chi connectivity index (χ1n) is 8.89. The number of rotatable bonds is 6. The molecule has 1 amide bonds. The van der Waals surface area contributed by atoms with Gasteiger partial charge >= 0.3 is 18.4 Å². The molecule has 1 fully saturated rings. The third-order valence-electron chi connectivity index (χ3n) is 4.56. The van der Waals surface area contributed by atoms with Crippen molar-refractivity contribution in [2.24, 2.45) is 0 Å². The van der Waals surface area contributed by atoms with Gasteiger partial charge in [-0.3, -0.25) is 10.1 Å². The average molecular weight is 493 g/mol. The molecule has 1 aliphatic carbocycles. The molecule has 1 saturated carbocycles. The number of amides is 1. The summed E-state index contributed by atoms with van der Waals surface area (Å²) >= 11 is 12.3. The first kappa shape index (κ1) is 23.5. The number of nitrogens with zero attached hydrogens (tertiary/aromatic N) is 3. The van der Waals surface area contributed by atoms with E-state index in [0.29, 0.717) is 0 Å². The predicted molar refractivity (Wildman–Crippen MR) is 104 cm³/mol. The van der Waals surface area contributed by atoms with Crippen molar-refractivity contribution >= 4 is 41.1 Å². The van der Waals surface area contributed by atoms with Crippen LogP contribution in [0, 0.1) is 11.3 Å². The smallest absolute Gasteiger partial charge is 0.481 e. The van der Waals surface area contributed by atoms with Crippen molar-refractivity contribution in [1.82, 2.24) is 9.78 Å². The van der Waals surface area contributed by atoms with E-state index in [1.165, 1.54) is 6.92 Å². The van der Waals surface area contributed by atoms with Crippen LogP contribution in [0.5, 0.6) is 5.75 Å². The number of nitrogens with one attached hydrogen (secondary N) is 1. The van der Waals surface area contributed by atoms with Gasteiger partial charge in [-0.2, -0.15) is 10.4 Å². The number of hydrogen-bond donors (Lipinski definition) is 2. The fourth-order valence-corrected chi connectivity index (χ4v) is 3.75. The van der Waals surface area contributed by atoms with Gasteiger partial charge in [-0.1, -0.05) is 23.2 Å². The Morgan fingerprint density at radius 2 is 1.94 bits per heavy atom. The van der Waals surface area contributed by atoms with Crippen LogP contribution in [0.25, 0.3) is 5.69 Å². The highest BCUT2D eigenvalue weighted by molar-refractivity contribution is 6.38. The van der Waals surface area contributed by atoms with Gasteiger partial charge in [-0.25, -0.2) is 9.48 Å². The van der Waals surface area contributed by atoms with Gasteiger partial charge in [0.1, 0.15) is 23.3 Å². The van der Waals surface area contributed by atoms with Crippen molar-refractivity contribution in [2.75, 3.05) is 11.9 Å². The van der Waals surface area contributed by atoms with Crippen molar-refractivity contribution in [3.8, 4) is 17.5 Å².